The summed E-state index contributed by atoms with van der Waals surface area (Å²) in [5, 5.41) is 21.6. The molecule has 2 N–H and O–H groups in total. The number of hydrogen-bond donors (Lipinski definition) is 2. The number of carbonyl (C=O) groups excluding carboxylic acids is 2. The molecule has 1 aromatic carbocycles. The fraction of sp³-hybridized carbons (Fsp3) is 0.630. The average Bonchev–Trinajstić information content (AvgIpc) is 3.24. The Morgan fingerprint density at radius 1 is 1.06 bits per heavy atom. The van der Waals surface area contributed by atoms with Crippen molar-refractivity contribution in [1.82, 2.24) is 0 Å². The Morgan fingerprint density at radius 2 is 1.75 bits per heavy atom. The van der Waals surface area contributed by atoms with Gasteiger partial charge in [0, 0.05) is 11.5 Å². The van der Waals surface area contributed by atoms with Crippen molar-refractivity contribution in [2.45, 2.75) is 84.7 Å². The van der Waals surface area contributed by atoms with E-state index in [1.807, 2.05) is 0 Å². The normalized spacial score (nSPS) is 34.6. The van der Waals surface area contributed by atoms with Crippen molar-refractivity contribution in [2.75, 3.05) is 0 Å². The molecule has 0 spiro atoms. The highest BCUT2D eigenvalue weighted by Crippen LogP contribution is 2.64. The highest BCUT2D eigenvalue weighted by atomic mass is 16.5. The summed E-state index contributed by atoms with van der Waals surface area (Å²) in [5.74, 6) is 0.796. The number of rotatable bonds is 4. The third-order valence-electron chi connectivity index (χ3n) is 8.73. The lowest BCUT2D eigenvalue weighted by atomic mass is 9.66. The van der Waals surface area contributed by atoms with E-state index in [0.717, 1.165) is 38.5 Å². The maximum absolute atomic E-state index is 12.0. The molecule has 32 heavy (non-hydrogen) atoms. The number of carbonyl (C=O) groups is 2. The zero-order chi connectivity index (χ0) is 23.4. The van der Waals surface area contributed by atoms with Crippen LogP contribution < -0.4 is 4.74 Å². The van der Waals surface area contributed by atoms with Crippen molar-refractivity contribution in [2.24, 2.45) is 23.2 Å². The average molecular weight is 441 g/mol. The molecule has 2 aliphatic carbocycles. The minimum absolute atomic E-state index is 0.0292. The molecule has 1 saturated carbocycles. The molecular formula is C27H36O5. The summed E-state index contributed by atoms with van der Waals surface area (Å²) in [6, 6.07) is 0. The predicted octanol–water partition coefficient (Wildman–Crippen LogP) is 6.17. The highest BCUT2D eigenvalue weighted by Gasteiger charge is 2.57. The van der Waals surface area contributed by atoms with Crippen molar-refractivity contribution >= 4 is 12.6 Å². The fourth-order valence-corrected chi connectivity index (χ4v) is 6.66. The summed E-state index contributed by atoms with van der Waals surface area (Å²) >= 11 is 0. The number of hydrogen-bond acceptors (Lipinski definition) is 5. The molecule has 4 rings (SSSR count). The van der Waals surface area contributed by atoms with E-state index in [-0.39, 0.29) is 39.9 Å². The van der Waals surface area contributed by atoms with Crippen LogP contribution in [0.1, 0.15) is 105 Å². The zero-order valence-electron chi connectivity index (χ0n) is 19.9. The molecule has 0 aromatic heterocycles. The summed E-state index contributed by atoms with van der Waals surface area (Å²) in [6.45, 7) is 11.1. The third kappa shape index (κ3) is 3.36. The SMILES string of the molecule is CCC[C@@H]1c2c(O)c(C=O)c(O)c(C=O)c2O[C@@]2(C)CC[C@@H]3[C@H](/C=C(/C)CC[C@H]12)C3(C)C. The van der Waals surface area contributed by atoms with Crippen LogP contribution in [0.15, 0.2) is 11.6 Å². The molecule has 0 bridgehead atoms. The van der Waals surface area contributed by atoms with Gasteiger partial charge in [-0.1, -0.05) is 38.8 Å². The lowest BCUT2D eigenvalue weighted by molar-refractivity contribution is -0.0236. The van der Waals surface area contributed by atoms with Gasteiger partial charge in [0.15, 0.2) is 12.6 Å². The Hall–Kier alpha value is -2.30. The van der Waals surface area contributed by atoms with Gasteiger partial charge in [0.1, 0.15) is 22.8 Å². The number of phenols is 2. The number of phenolic OH excluding ortho intramolecular Hbond substituents is 2. The molecule has 1 heterocycles. The van der Waals surface area contributed by atoms with E-state index in [2.05, 4.69) is 40.7 Å². The number of allylic oxidation sites excluding steroid dienone is 2. The summed E-state index contributed by atoms with van der Waals surface area (Å²) in [4.78, 5) is 23.6. The van der Waals surface area contributed by atoms with Gasteiger partial charge >= 0.3 is 0 Å². The van der Waals surface area contributed by atoms with E-state index in [4.69, 9.17) is 4.74 Å². The van der Waals surface area contributed by atoms with Gasteiger partial charge < -0.3 is 14.9 Å². The molecule has 3 aliphatic rings. The molecule has 0 radical (unpaired) electrons. The smallest absolute Gasteiger partial charge is 0.157 e. The number of aldehydes is 2. The Morgan fingerprint density at radius 3 is 2.38 bits per heavy atom. The maximum Gasteiger partial charge on any atom is 0.157 e. The van der Waals surface area contributed by atoms with E-state index >= 15 is 0 Å². The van der Waals surface area contributed by atoms with E-state index in [1.54, 1.807) is 0 Å². The van der Waals surface area contributed by atoms with Crippen LogP contribution in [0.5, 0.6) is 17.2 Å². The van der Waals surface area contributed by atoms with Gasteiger partial charge in [-0.15, -0.1) is 0 Å². The fourth-order valence-electron chi connectivity index (χ4n) is 6.66. The molecule has 5 nitrogen and oxygen atoms in total. The number of ether oxygens (including phenoxy) is 1. The molecule has 0 amide bonds. The molecule has 0 unspecified atom stereocenters. The first-order chi connectivity index (χ1) is 15.1. The second kappa shape index (κ2) is 7.93. The summed E-state index contributed by atoms with van der Waals surface area (Å²) < 4.78 is 6.60. The topological polar surface area (TPSA) is 83.8 Å². The largest absolute Gasteiger partial charge is 0.507 e. The van der Waals surface area contributed by atoms with E-state index < -0.39 is 11.4 Å². The summed E-state index contributed by atoms with van der Waals surface area (Å²) in [5.41, 5.74) is 1.42. The standard InChI is InChI=1S/C27H36O5/c1-6-7-16-19-9-8-15(2)12-21-20(26(21,3)4)10-11-27(19,5)32-25-18(14-29)23(30)17(13-28)24(31)22(16)25/h12-14,16,19-21,30-31H,6-11H2,1-5H3/b15-12-/t16-,19+,20+,21-,27-/m0/s1. The number of fused-ring (bicyclic) bond motifs is 3. The Kier molecular flexibility index (Phi) is 5.67. The van der Waals surface area contributed by atoms with Crippen LogP contribution >= 0.6 is 0 Å². The van der Waals surface area contributed by atoms with Crippen LogP contribution in [-0.4, -0.2) is 28.4 Å². The van der Waals surface area contributed by atoms with Crippen molar-refractivity contribution in [3.63, 3.8) is 0 Å². The van der Waals surface area contributed by atoms with Crippen LogP contribution in [0.25, 0.3) is 0 Å². The molecule has 1 aromatic rings. The molecule has 5 heteroatoms. The maximum atomic E-state index is 12.0. The van der Waals surface area contributed by atoms with Crippen LogP contribution in [0.4, 0.5) is 0 Å². The van der Waals surface area contributed by atoms with Crippen LogP contribution in [0.2, 0.25) is 0 Å². The van der Waals surface area contributed by atoms with Gasteiger partial charge in [-0.3, -0.25) is 9.59 Å². The van der Waals surface area contributed by atoms with Gasteiger partial charge in [-0.2, -0.15) is 0 Å². The predicted molar refractivity (Wildman–Crippen MR) is 124 cm³/mol. The lowest BCUT2D eigenvalue weighted by Gasteiger charge is -2.48. The third-order valence-corrected chi connectivity index (χ3v) is 8.73. The van der Waals surface area contributed by atoms with E-state index in [0.29, 0.717) is 30.0 Å². The monoisotopic (exact) mass is 440 g/mol. The van der Waals surface area contributed by atoms with Crippen LogP contribution in [0, 0.1) is 23.2 Å². The number of aromatic hydroxyl groups is 2. The van der Waals surface area contributed by atoms with Gasteiger partial charge in [-0.05, 0) is 69.1 Å². The van der Waals surface area contributed by atoms with Crippen molar-refractivity contribution in [3.8, 4) is 17.2 Å². The van der Waals surface area contributed by atoms with E-state index in [1.165, 1.54) is 5.57 Å². The van der Waals surface area contributed by atoms with Crippen molar-refractivity contribution < 1.29 is 24.5 Å². The van der Waals surface area contributed by atoms with Crippen LogP contribution in [-0.2, 0) is 0 Å². The summed E-state index contributed by atoms with van der Waals surface area (Å²) in [6.07, 6.45) is 8.89. The van der Waals surface area contributed by atoms with Crippen LogP contribution in [0.3, 0.4) is 0 Å². The highest BCUT2D eigenvalue weighted by molar-refractivity contribution is 5.95. The van der Waals surface area contributed by atoms with Crippen molar-refractivity contribution in [3.05, 3.63) is 28.3 Å². The van der Waals surface area contributed by atoms with E-state index in [9.17, 15) is 19.8 Å². The first kappa shape index (κ1) is 22.9. The molecule has 1 aliphatic heterocycles. The first-order valence-corrected chi connectivity index (χ1v) is 12.0. The Labute approximate surface area is 190 Å². The van der Waals surface area contributed by atoms with Gasteiger partial charge in [-0.25, -0.2) is 0 Å². The molecule has 0 saturated heterocycles. The minimum atomic E-state index is -0.521. The quantitative estimate of drug-likeness (QED) is 0.432. The molecular weight excluding hydrogens is 404 g/mol. The van der Waals surface area contributed by atoms with Gasteiger partial charge in [0.25, 0.3) is 0 Å². The molecule has 1 fully saturated rings. The minimum Gasteiger partial charge on any atom is -0.507 e. The zero-order valence-corrected chi connectivity index (χ0v) is 19.9. The second-order valence-electron chi connectivity index (χ2n) is 11.0. The van der Waals surface area contributed by atoms with Gasteiger partial charge in [0.05, 0.1) is 11.1 Å². The molecule has 5 atom stereocenters. The first-order valence-electron chi connectivity index (χ1n) is 12.0. The number of benzene rings is 1. The molecule has 174 valence electrons. The lowest BCUT2D eigenvalue weighted by Crippen LogP contribution is -2.47. The summed E-state index contributed by atoms with van der Waals surface area (Å²) in [7, 11) is 0. The van der Waals surface area contributed by atoms with Gasteiger partial charge in [0.2, 0.25) is 0 Å². The Bertz CT molecular complexity index is 975. The second-order valence-corrected chi connectivity index (χ2v) is 11.0. The Balaban J connectivity index is 1.87. The van der Waals surface area contributed by atoms with Crippen molar-refractivity contribution in [1.29, 1.82) is 0 Å².